The summed E-state index contributed by atoms with van der Waals surface area (Å²) in [4.78, 5) is 0.462. The van der Waals surface area contributed by atoms with Gasteiger partial charge in [0.2, 0.25) is 0 Å². The minimum atomic E-state index is -0.805. The molecule has 60 valence electrons. The second-order valence-corrected chi connectivity index (χ2v) is 2.79. The van der Waals surface area contributed by atoms with Gasteiger partial charge in [-0.2, -0.15) is 0 Å². The Morgan fingerprint density at radius 2 is 1.91 bits per heavy atom. The van der Waals surface area contributed by atoms with Gasteiger partial charge in [0.05, 0.1) is 4.90 Å². The van der Waals surface area contributed by atoms with Crippen LogP contribution in [0, 0.1) is 5.82 Å². The Morgan fingerprint density at radius 3 is 2.45 bits per heavy atom. The van der Waals surface area contributed by atoms with Gasteiger partial charge in [-0.05, 0) is 18.4 Å². The number of hydrogen-bond acceptors (Lipinski definition) is 3. The topological polar surface area (TPSA) is 40.5 Å². The number of halogens is 1. The number of rotatable bonds is 1. The van der Waals surface area contributed by atoms with Crippen LogP contribution in [0.1, 0.15) is 0 Å². The molecule has 4 heteroatoms. The highest BCUT2D eigenvalue weighted by Gasteiger charge is 2.09. The Kier molecular flexibility index (Phi) is 2.24. The number of hydrogen-bond donors (Lipinski definition) is 2. The molecule has 1 rings (SSSR count). The molecule has 1 aromatic rings. The standard InChI is InChI=1S/C7H7FO2S/c1-11-5-3-2-4(8)6(9)7(5)10/h2-3,9-10H,1H3. The molecule has 0 heterocycles. The van der Waals surface area contributed by atoms with Gasteiger partial charge in [-0.15, -0.1) is 11.8 Å². The van der Waals surface area contributed by atoms with Crippen LogP contribution in [0.2, 0.25) is 0 Å². The van der Waals surface area contributed by atoms with Gasteiger partial charge in [-0.25, -0.2) is 4.39 Å². The zero-order valence-corrected chi connectivity index (χ0v) is 6.65. The molecular formula is C7H7FO2S. The van der Waals surface area contributed by atoms with Gasteiger partial charge in [-0.1, -0.05) is 0 Å². The fourth-order valence-corrected chi connectivity index (χ4v) is 1.20. The Labute approximate surface area is 67.7 Å². The SMILES string of the molecule is CSc1ccc(F)c(O)c1O. The Bertz CT molecular complexity index is 275. The second kappa shape index (κ2) is 3.00. The average Bonchev–Trinajstić information content (AvgIpc) is 2.01. The molecule has 0 radical (unpaired) electrons. The zero-order valence-electron chi connectivity index (χ0n) is 5.84. The fraction of sp³-hybridized carbons (Fsp3) is 0.143. The quantitative estimate of drug-likeness (QED) is 0.505. The van der Waals surface area contributed by atoms with Crippen LogP contribution in [0.4, 0.5) is 4.39 Å². The van der Waals surface area contributed by atoms with Crippen LogP contribution in [0.25, 0.3) is 0 Å². The number of phenols is 2. The first kappa shape index (κ1) is 8.20. The normalized spacial score (nSPS) is 10.0. The van der Waals surface area contributed by atoms with E-state index in [9.17, 15) is 4.39 Å². The lowest BCUT2D eigenvalue weighted by Crippen LogP contribution is -1.79. The summed E-state index contributed by atoms with van der Waals surface area (Å²) in [6, 6.07) is 2.52. The summed E-state index contributed by atoms with van der Waals surface area (Å²) in [5.74, 6) is -1.88. The van der Waals surface area contributed by atoms with E-state index in [0.29, 0.717) is 4.90 Å². The van der Waals surface area contributed by atoms with Gasteiger partial charge in [0.1, 0.15) is 0 Å². The summed E-state index contributed by atoms with van der Waals surface area (Å²) in [7, 11) is 0. The van der Waals surface area contributed by atoms with Crippen LogP contribution in [-0.4, -0.2) is 16.5 Å². The maximum atomic E-state index is 12.5. The van der Waals surface area contributed by atoms with E-state index in [1.54, 1.807) is 6.26 Å². The van der Waals surface area contributed by atoms with Crippen molar-refractivity contribution in [2.24, 2.45) is 0 Å². The monoisotopic (exact) mass is 174 g/mol. The summed E-state index contributed by atoms with van der Waals surface area (Å²) in [6.45, 7) is 0. The van der Waals surface area contributed by atoms with Gasteiger partial charge >= 0.3 is 0 Å². The summed E-state index contributed by atoms with van der Waals surface area (Å²) in [6.07, 6.45) is 1.73. The van der Waals surface area contributed by atoms with E-state index in [1.807, 2.05) is 0 Å². The lowest BCUT2D eigenvalue weighted by Gasteiger charge is -2.02. The highest BCUT2D eigenvalue weighted by Crippen LogP contribution is 2.36. The van der Waals surface area contributed by atoms with Gasteiger partial charge < -0.3 is 10.2 Å². The summed E-state index contributed by atoms with van der Waals surface area (Å²) in [5.41, 5.74) is 0. The Balaban J connectivity index is 3.25. The van der Waals surface area contributed by atoms with Crippen molar-refractivity contribution < 1.29 is 14.6 Å². The van der Waals surface area contributed by atoms with Crippen molar-refractivity contribution in [3.05, 3.63) is 17.9 Å². The summed E-state index contributed by atoms with van der Waals surface area (Å²) in [5, 5.41) is 17.9. The minimum Gasteiger partial charge on any atom is -0.503 e. The Hall–Kier alpha value is -0.900. The number of phenolic OH excluding ortho intramolecular Hbond substituents is 2. The van der Waals surface area contributed by atoms with Gasteiger partial charge in [0.15, 0.2) is 17.3 Å². The fourth-order valence-electron chi connectivity index (χ4n) is 0.701. The maximum Gasteiger partial charge on any atom is 0.195 e. The van der Waals surface area contributed by atoms with Crippen molar-refractivity contribution in [1.29, 1.82) is 0 Å². The van der Waals surface area contributed by atoms with Crippen LogP contribution >= 0.6 is 11.8 Å². The molecule has 0 amide bonds. The van der Waals surface area contributed by atoms with Crippen LogP contribution in [-0.2, 0) is 0 Å². The molecule has 0 aliphatic rings. The van der Waals surface area contributed by atoms with Crippen molar-refractivity contribution >= 4 is 11.8 Å². The predicted molar refractivity (Wildman–Crippen MR) is 41.5 cm³/mol. The van der Waals surface area contributed by atoms with Crippen molar-refractivity contribution in [2.75, 3.05) is 6.26 Å². The van der Waals surface area contributed by atoms with Crippen molar-refractivity contribution in [3.63, 3.8) is 0 Å². The van der Waals surface area contributed by atoms with Crippen LogP contribution in [0.5, 0.6) is 11.5 Å². The lowest BCUT2D eigenvalue weighted by atomic mass is 10.3. The molecule has 0 aliphatic heterocycles. The average molecular weight is 174 g/mol. The second-order valence-electron chi connectivity index (χ2n) is 1.95. The number of aromatic hydroxyl groups is 2. The molecule has 0 unspecified atom stereocenters. The third-order valence-corrected chi connectivity index (χ3v) is 2.05. The molecule has 0 saturated carbocycles. The largest absolute Gasteiger partial charge is 0.503 e. The molecule has 1 aromatic carbocycles. The van der Waals surface area contributed by atoms with E-state index >= 15 is 0 Å². The predicted octanol–water partition coefficient (Wildman–Crippen LogP) is 1.96. The minimum absolute atomic E-state index is 0.391. The molecule has 0 atom stereocenters. The van der Waals surface area contributed by atoms with E-state index in [4.69, 9.17) is 10.2 Å². The smallest absolute Gasteiger partial charge is 0.195 e. The molecule has 11 heavy (non-hydrogen) atoms. The molecule has 0 bridgehead atoms. The molecule has 0 spiro atoms. The highest BCUT2D eigenvalue weighted by molar-refractivity contribution is 7.98. The first-order chi connectivity index (χ1) is 5.16. The first-order valence-corrected chi connectivity index (χ1v) is 4.13. The molecule has 0 saturated heterocycles. The van der Waals surface area contributed by atoms with Crippen LogP contribution < -0.4 is 0 Å². The maximum absolute atomic E-state index is 12.5. The number of benzene rings is 1. The molecule has 2 nitrogen and oxygen atoms in total. The van der Waals surface area contributed by atoms with Crippen molar-refractivity contribution in [2.45, 2.75) is 4.90 Å². The van der Waals surface area contributed by atoms with Gasteiger partial charge in [0.25, 0.3) is 0 Å². The van der Waals surface area contributed by atoms with Crippen LogP contribution in [0.3, 0.4) is 0 Å². The van der Waals surface area contributed by atoms with Gasteiger partial charge in [-0.3, -0.25) is 0 Å². The third kappa shape index (κ3) is 1.40. The van der Waals surface area contributed by atoms with E-state index in [0.717, 1.165) is 6.07 Å². The van der Waals surface area contributed by atoms with Crippen molar-refractivity contribution in [3.8, 4) is 11.5 Å². The molecule has 0 aromatic heterocycles. The molecule has 0 fully saturated rings. The highest BCUT2D eigenvalue weighted by atomic mass is 32.2. The third-order valence-electron chi connectivity index (χ3n) is 1.28. The van der Waals surface area contributed by atoms with E-state index in [1.165, 1.54) is 17.8 Å². The lowest BCUT2D eigenvalue weighted by molar-refractivity contribution is 0.371. The van der Waals surface area contributed by atoms with E-state index in [-0.39, 0.29) is 0 Å². The van der Waals surface area contributed by atoms with E-state index in [2.05, 4.69) is 0 Å². The van der Waals surface area contributed by atoms with Gasteiger partial charge in [0, 0.05) is 0 Å². The van der Waals surface area contributed by atoms with Crippen molar-refractivity contribution in [1.82, 2.24) is 0 Å². The molecule has 2 N–H and O–H groups in total. The first-order valence-electron chi connectivity index (χ1n) is 2.91. The molecular weight excluding hydrogens is 167 g/mol. The number of thioether (sulfide) groups is 1. The van der Waals surface area contributed by atoms with E-state index < -0.39 is 17.3 Å². The summed E-state index contributed by atoms with van der Waals surface area (Å²) < 4.78 is 12.5. The van der Waals surface area contributed by atoms with Crippen LogP contribution in [0.15, 0.2) is 17.0 Å². The Morgan fingerprint density at radius 1 is 1.27 bits per heavy atom. The zero-order chi connectivity index (χ0) is 8.43. The molecule has 0 aliphatic carbocycles. The summed E-state index contributed by atoms with van der Waals surface area (Å²) >= 11 is 1.24.